The topological polar surface area (TPSA) is 114 Å². The van der Waals surface area contributed by atoms with E-state index in [1.807, 2.05) is 19.1 Å². The van der Waals surface area contributed by atoms with Gasteiger partial charge < -0.3 is 20.3 Å². The number of fused-ring (bicyclic) bond motifs is 1. The van der Waals surface area contributed by atoms with Crippen LogP contribution in [0.25, 0.3) is 16.7 Å². The first-order valence-corrected chi connectivity index (χ1v) is 12.5. The van der Waals surface area contributed by atoms with Crippen LogP contribution in [0.5, 0.6) is 0 Å². The number of amides is 2. The highest BCUT2D eigenvalue weighted by Gasteiger charge is 2.41. The van der Waals surface area contributed by atoms with Crippen LogP contribution in [-0.4, -0.2) is 63.4 Å². The average molecular weight is 563 g/mol. The van der Waals surface area contributed by atoms with Gasteiger partial charge >= 0.3 is 6.09 Å². The van der Waals surface area contributed by atoms with Crippen molar-refractivity contribution >= 4 is 56.5 Å². The molecule has 1 unspecified atom stereocenters. The molecule has 1 aromatic carbocycles. The molecule has 2 N–H and O–H groups in total. The number of halogens is 2. The van der Waals surface area contributed by atoms with Gasteiger partial charge in [0, 0.05) is 36.8 Å². The number of nitrogens with one attached hydrogen (secondary N) is 2. The Balaban J connectivity index is 1.47. The Morgan fingerprint density at radius 2 is 2.14 bits per heavy atom. The van der Waals surface area contributed by atoms with Crippen LogP contribution in [0, 0.1) is 5.41 Å². The zero-order valence-electron chi connectivity index (χ0n) is 19.5. The number of ether oxygens (including phenoxy) is 1. The molecule has 0 radical (unpaired) electrons. The molecule has 2 aromatic heterocycles. The SMILES string of the molecule is CNC(=O)[C@]1(C)CC[C@@H](Nc2ncc3c(Br)nn(-c4cc(Cl)cc(C5COC(=O)N5C)c4)c3n2)C1. The van der Waals surface area contributed by atoms with E-state index in [1.165, 1.54) is 0 Å². The minimum Gasteiger partial charge on any atom is -0.447 e. The van der Waals surface area contributed by atoms with Gasteiger partial charge in [0.25, 0.3) is 0 Å². The summed E-state index contributed by atoms with van der Waals surface area (Å²) in [5.74, 6) is 0.519. The summed E-state index contributed by atoms with van der Waals surface area (Å²) in [5, 5.41) is 12.0. The summed E-state index contributed by atoms with van der Waals surface area (Å²) in [6, 6.07) is 5.38. The lowest BCUT2D eigenvalue weighted by atomic mass is 9.87. The van der Waals surface area contributed by atoms with E-state index in [2.05, 4.69) is 36.6 Å². The lowest BCUT2D eigenvalue weighted by molar-refractivity contribution is -0.129. The van der Waals surface area contributed by atoms with Crippen molar-refractivity contribution in [2.75, 3.05) is 26.0 Å². The van der Waals surface area contributed by atoms with Crippen molar-refractivity contribution in [1.29, 1.82) is 0 Å². The molecule has 3 atom stereocenters. The fourth-order valence-corrected chi connectivity index (χ4v) is 5.57. The fraction of sp³-hybridized carbons (Fsp3) is 0.435. The minimum atomic E-state index is -0.406. The van der Waals surface area contributed by atoms with Crippen molar-refractivity contribution in [3.8, 4) is 5.69 Å². The van der Waals surface area contributed by atoms with Gasteiger partial charge in [0.15, 0.2) is 5.65 Å². The van der Waals surface area contributed by atoms with Crippen molar-refractivity contribution in [3.63, 3.8) is 0 Å². The Bertz CT molecular complexity index is 1330. The molecule has 184 valence electrons. The van der Waals surface area contributed by atoms with E-state index >= 15 is 0 Å². The summed E-state index contributed by atoms with van der Waals surface area (Å²) in [4.78, 5) is 34.9. The van der Waals surface area contributed by atoms with Crippen molar-refractivity contribution in [1.82, 2.24) is 30.0 Å². The number of hydrogen-bond acceptors (Lipinski definition) is 7. The molecule has 0 bridgehead atoms. The monoisotopic (exact) mass is 561 g/mol. The molecule has 3 heterocycles. The highest BCUT2D eigenvalue weighted by molar-refractivity contribution is 9.10. The summed E-state index contributed by atoms with van der Waals surface area (Å²) < 4.78 is 7.47. The van der Waals surface area contributed by atoms with Crippen molar-refractivity contribution < 1.29 is 14.3 Å². The molecule has 2 aliphatic rings. The number of nitrogens with zero attached hydrogens (tertiary/aromatic N) is 5. The largest absolute Gasteiger partial charge is 0.447 e. The molecule has 1 aliphatic carbocycles. The highest BCUT2D eigenvalue weighted by atomic mass is 79.9. The van der Waals surface area contributed by atoms with Crippen LogP contribution in [0.3, 0.4) is 0 Å². The smallest absolute Gasteiger partial charge is 0.410 e. The second kappa shape index (κ2) is 8.94. The Morgan fingerprint density at radius 3 is 2.86 bits per heavy atom. The second-order valence-electron chi connectivity index (χ2n) is 9.30. The minimum absolute atomic E-state index is 0.0527. The van der Waals surface area contributed by atoms with Crippen LogP contribution < -0.4 is 10.6 Å². The molecule has 0 spiro atoms. The first-order chi connectivity index (χ1) is 16.7. The Kier molecular flexibility index (Phi) is 6.08. The van der Waals surface area contributed by atoms with Crippen LogP contribution >= 0.6 is 27.5 Å². The van der Waals surface area contributed by atoms with E-state index in [0.717, 1.165) is 23.8 Å². The van der Waals surface area contributed by atoms with E-state index in [1.54, 1.807) is 35.9 Å². The molecule has 35 heavy (non-hydrogen) atoms. The summed E-state index contributed by atoms with van der Waals surface area (Å²) in [6.07, 6.45) is 3.69. The van der Waals surface area contributed by atoms with E-state index in [9.17, 15) is 9.59 Å². The third-order valence-corrected chi connectivity index (χ3v) is 7.69. The number of carbonyl (C=O) groups is 2. The number of anilines is 1. The maximum Gasteiger partial charge on any atom is 0.410 e. The Morgan fingerprint density at radius 1 is 1.34 bits per heavy atom. The normalized spacial score (nSPS) is 24.1. The quantitative estimate of drug-likeness (QED) is 0.482. The van der Waals surface area contributed by atoms with Gasteiger partial charge in [-0.15, -0.1) is 0 Å². The molecule has 1 aliphatic heterocycles. The summed E-state index contributed by atoms with van der Waals surface area (Å²) >= 11 is 9.96. The van der Waals surface area contributed by atoms with E-state index in [4.69, 9.17) is 21.3 Å². The molecular formula is C23H25BrClN7O3. The maximum absolute atomic E-state index is 12.3. The van der Waals surface area contributed by atoms with Gasteiger partial charge in [-0.2, -0.15) is 10.1 Å². The van der Waals surface area contributed by atoms with Crippen LogP contribution in [0.15, 0.2) is 29.0 Å². The molecule has 1 saturated carbocycles. The number of benzene rings is 1. The lowest BCUT2D eigenvalue weighted by Crippen LogP contribution is -2.35. The van der Waals surface area contributed by atoms with E-state index in [0.29, 0.717) is 33.3 Å². The molecule has 5 rings (SSSR count). The van der Waals surface area contributed by atoms with Gasteiger partial charge in [0.05, 0.1) is 17.1 Å². The summed E-state index contributed by atoms with van der Waals surface area (Å²) in [5.41, 5.74) is 1.74. The standard InChI is InChI=1S/C23H25BrClN7O3/c1-23(20(33)26-2)5-4-14(9-23)28-21-27-10-16-18(24)30-32(19(16)29-21)15-7-12(6-13(25)8-15)17-11-35-22(34)31(17)3/h6-8,10,14,17H,4-5,9,11H2,1-3H3,(H,26,33)(H,27,28,29)/t14-,17?,23-/m1/s1. The average Bonchev–Trinajstić information content (AvgIpc) is 3.49. The van der Waals surface area contributed by atoms with Crippen LogP contribution in [0.4, 0.5) is 10.7 Å². The van der Waals surface area contributed by atoms with Crippen LogP contribution in [0.2, 0.25) is 5.02 Å². The predicted molar refractivity (Wildman–Crippen MR) is 135 cm³/mol. The molecule has 3 aromatic rings. The van der Waals surface area contributed by atoms with E-state index in [-0.39, 0.29) is 30.7 Å². The van der Waals surface area contributed by atoms with Gasteiger partial charge in [0.1, 0.15) is 11.2 Å². The number of aromatic nitrogens is 4. The van der Waals surface area contributed by atoms with Crippen molar-refractivity contribution in [3.05, 3.63) is 39.6 Å². The lowest BCUT2D eigenvalue weighted by Gasteiger charge is -2.22. The maximum atomic E-state index is 12.3. The van der Waals surface area contributed by atoms with E-state index < -0.39 is 5.41 Å². The third kappa shape index (κ3) is 4.31. The number of hydrogen-bond donors (Lipinski definition) is 2. The molecular weight excluding hydrogens is 538 g/mol. The van der Waals surface area contributed by atoms with Crippen LogP contribution in [-0.2, 0) is 9.53 Å². The summed E-state index contributed by atoms with van der Waals surface area (Å²) in [7, 11) is 3.37. The second-order valence-corrected chi connectivity index (χ2v) is 10.5. The molecule has 2 amide bonds. The first-order valence-electron chi connectivity index (χ1n) is 11.3. The zero-order chi connectivity index (χ0) is 24.9. The molecule has 10 nitrogen and oxygen atoms in total. The van der Waals surface area contributed by atoms with Gasteiger partial charge in [-0.25, -0.2) is 14.5 Å². The number of carbonyl (C=O) groups excluding carboxylic acids is 2. The van der Waals surface area contributed by atoms with Gasteiger partial charge in [0.2, 0.25) is 11.9 Å². The number of rotatable bonds is 5. The van der Waals surface area contributed by atoms with Gasteiger partial charge in [-0.1, -0.05) is 18.5 Å². The van der Waals surface area contributed by atoms with Crippen LogP contribution in [0.1, 0.15) is 37.8 Å². The predicted octanol–water partition coefficient (Wildman–Crippen LogP) is 4.07. The first kappa shape index (κ1) is 23.8. The molecule has 1 saturated heterocycles. The molecule has 12 heteroatoms. The van der Waals surface area contributed by atoms with Crippen molar-refractivity contribution in [2.45, 2.75) is 38.3 Å². The highest BCUT2D eigenvalue weighted by Crippen LogP contribution is 2.39. The fourth-order valence-electron chi connectivity index (χ4n) is 4.89. The third-order valence-electron chi connectivity index (χ3n) is 6.88. The Labute approximate surface area is 215 Å². The molecule has 2 fully saturated rings. The van der Waals surface area contributed by atoms with Gasteiger partial charge in [-0.05, 0) is 59.0 Å². The van der Waals surface area contributed by atoms with Crippen molar-refractivity contribution in [2.24, 2.45) is 5.41 Å². The Hall–Kier alpha value is -2.92. The number of likely N-dealkylation sites (N-methyl/N-ethyl adjacent to an activating group) is 1. The van der Waals surface area contributed by atoms with Gasteiger partial charge in [-0.3, -0.25) is 4.79 Å². The summed E-state index contributed by atoms with van der Waals surface area (Å²) in [6.45, 7) is 2.24. The number of cyclic esters (lactones) is 1. The zero-order valence-corrected chi connectivity index (χ0v) is 21.9.